The second-order valence-corrected chi connectivity index (χ2v) is 10.5. The molecule has 0 saturated carbocycles. The van der Waals surface area contributed by atoms with Gasteiger partial charge < -0.3 is 5.32 Å². The molecule has 0 aliphatic rings. The quantitative estimate of drug-likeness (QED) is 0.333. The van der Waals surface area contributed by atoms with Gasteiger partial charge in [-0.3, -0.25) is 19.0 Å². The van der Waals surface area contributed by atoms with Crippen molar-refractivity contribution in [3.63, 3.8) is 0 Å². The van der Waals surface area contributed by atoms with Gasteiger partial charge >= 0.3 is 6.18 Å². The molecular weight excluding hydrogens is 565 g/mol. The zero-order chi connectivity index (χ0) is 26.8. The highest BCUT2D eigenvalue weighted by Crippen LogP contribution is 2.30. The number of pyridine rings is 1. The first-order valence-electron chi connectivity index (χ1n) is 10.3. The van der Waals surface area contributed by atoms with Gasteiger partial charge in [-0.25, -0.2) is 8.42 Å². The summed E-state index contributed by atoms with van der Waals surface area (Å²) in [5, 5.41) is 2.39. The Kier molecular flexibility index (Phi) is 7.89. The molecule has 1 N–H and O–H groups in total. The number of nitrogens with one attached hydrogen (secondary N) is 1. The summed E-state index contributed by atoms with van der Waals surface area (Å²) in [7, 11) is -3.40. The van der Waals surface area contributed by atoms with E-state index in [1.807, 2.05) is 0 Å². The Labute approximate surface area is 213 Å². The number of rotatable bonds is 7. The largest absolute Gasteiger partial charge is 0.416 e. The Bertz CT molecular complexity index is 1500. The summed E-state index contributed by atoms with van der Waals surface area (Å²) >= 11 is 3.04. The highest BCUT2D eigenvalue weighted by Gasteiger charge is 2.31. The Hall–Kier alpha value is -3.25. The molecule has 0 bridgehead atoms. The predicted molar refractivity (Wildman–Crippen MR) is 131 cm³/mol. The van der Waals surface area contributed by atoms with E-state index in [0.717, 1.165) is 35.1 Å². The first-order valence-corrected chi connectivity index (χ1v) is 13.4. The molecule has 1 heterocycles. The van der Waals surface area contributed by atoms with Crippen LogP contribution in [-0.2, 0) is 22.6 Å². The Morgan fingerprint density at radius 2 is 1.67 bits per heavy atom. The van der Waals surface area contributed by atoms with Crippen molar-refractivity contribution in [2.24, 2.45) is 0 Å². The molecule has 12 heteroatoms. The lowest BCUT2D eigenvalue weighted by Crippen LogP contribution is -2.34. The lowest BCUT2D eigenvalue weighted by atomic mass is 10.1. The predicted octanol–water partition coefficient (Wildman–Crippen LogP) is 4.08. The van der Waals surface area contributed by atoms with Gasteiger partial charge in [0.2, 0.25) is 0 Å². The van der Waals surface area contributed by atoms with Gasteiger partial charge in [0.05, 0.1) is 15.8 Å². The number of hydrogen-bond donors (Lipinski definition) is 1. The number of benzene rings is 2. The molecule has 0 aliphatic carbocycles. The van der Waals surface area contributed by atoms with Crippen molar-refractivity contribution in [3.8, 4) is 5.69 Å². The van der Waals surface area contributed by atoms with Crippen molar-refractivity contribution in [2.45, 2.75) is 24.5 Å². The monoisotopic (exact) mass is 584 g/mol. The van der Waals surface area contributed by atoms with E-state index in [1.54, 1.807) is 0 Å². The van der Waals surface area contributed by atoms with Crippen LogP contribution in [0.2, 0.25) is 0 Å². The molecule has 0 radical (unpaired) electrons. The molecule has 3 aromatic rings. The van der Waals surface area contributed by atoms with Crippen LogP contribution < -0.4 is 10.9 Å². The maximum absolute atomic E-state index is 13.3. The SMILES string of the molecule is Cc1c(C(=O)CBr)cc(C(=O)NCc2ccc(S(C)(=O)=O)cc2)c(=O)n1-c1cccc(C(F)(F)F)c1. The first kappa shape index (κ1) is 27.3. The number of Topliss-reactive ketones (excluding diaryl/α,β-unsaturated/α-hetero) is 1. The number of alkyl halides is 4. The van der Waals surface area contributed by atoms with Gasteiger partial charge in [0.1, 0.15) is 5.56 Å². The van der Waals surface area contributed by atoms with Crippen LogP contribution in [0, 0.1) is 6.92 Å². The van der Waals surface area contributed by atoms with Crippen LogP contribution in [0.25, 0.3) is 5.69 Å². The highest BCUT2D eigenvalue weighted by molar-refractivity contribution is 9.09. The van der Waals surface area contributed by atoms with Crippen molar-refractivity contribution in [1.29, 1.82) is 0 Å². The third-order valence-electron chi connectivity index (χ3n) is 5.35. The number of carbonyl (C=O) groups excluding carboxylic acids is 2. The topological polar surface area (TPSA) is 102 Å². The molecule has 0 spiro atoms. The zero-order valence-electron chi connectivity index (χ0n) is 19.0. The van der Waals surface area contributed by atoms with Gasteiger partial charge in [-0.15, -0.1) is 0 Å². The molecule has 1 amide bonds. The smallest absolute Gasteiger partial charge is 0.348 e. The average Bonchev–Trinajstić information content (AvgIpc) is 2.81. The summed E-state index contributed by atoms with van der Waals surface area (Å²) in [6.07, 6.45) is -3.61. The van der Waals surface area contributed by atoms with Crippen LogP contribution in [-0.4, -0.2) is 36.3 Å². The molecule has 0 saturated heterocycles. The lowest BCUT2D eigenvalue weighted by molar-refractivity contribution is -0.137. The van der Waals surface area contributed by atoms with Crippen LogP contribution in [0.5, 0.6) is 0 Å². The number of hydrogen-bond acceptors (Lipinski definition) is 5. The molecule has 0 unspecified atom stereocenters. The van der Waals surface area contributed by atoms with Gasteiger partial charge in [0.15, 0.2) is 15.6 Å². The highest BCUT2D eigenvalue weighted by atomic mass is 79.9. The molecule has 36 heavy (non-hydrogen) atoms. The van der Waals surface area contributed by atoms with Gasteiger partial charge in [-0.1, -0.05) is 34.1 Å². The molecule has 0 aliphatic heterocycles. The van der Waals surface area contributed by atoms with Crippen LogP contribution in [0.15, 0.2) is 64.3 Å². The fourth-order valence-corrected chi connectivity index (χ4v) is 4.42. The molecule has 0 atom stereocenters. The first-order chi connectivity index (χ1) is 16.7. The molecule has 7 nitrogen and oxygen atoms in total. The van der Waals surface area contributed by atoms with Gasteiger partial charge in [-0.05, 0) is 48.9 Å². The van der Waals surface area contributed by atoms with E-state index >= 15 is 0 Å². The third-order valence-corrected chi connectivity index (χ3v) is 6.99. The molecule has 190 valence electrons. The van der Waals surface area contributed by atoms with Crippen molar-refractivity contribution >= 4 is 37.5 Å². The minimum Gasteiger partial charge on any atom is -0.348 e. The number of aromatic nitrogens is 1. The number of amides is 1. The molecular formula is C24H20BrF3N2O5S. The van der Waals surface area contributed by atoms with Gasteiger partial charge in [-0.2, -0.15) is 13.2 Å². The summed E-state index contributed by atoms with van der Waals surface area (Å²) in [4.78, 5) is 38.8. The third kappa shape index (κ3) is 5.93. The summed E-state index contributed by atoms with van der Waals surface area (Å²) in [6.45, 7) is 1.34. The molecule has 3 rings (SSSR count). The van der Waals surface area contributed by atoms with Gasteiger partial charge in [0.25, 0.3) is 11.5 Å². The minimum atomic E-state index is -4.66. The van der Waals surface area contributed by atoms with Crippen molar-refractivity contribution in [1.82, 2.24) is 9.88 Å². The normalized spacial score (nSPS) is 11.8. The van der Waals surface area contributed by atoms with Crippen LogP contribution in [0.4, 0.5) is 13.2 Å². The minimum absolute atomic E-state index is 0.00783. The van der Waals surface area contributed by atoms with Crippen LogP contribution >= 0.6 is 15.9 Å². The van der Waals surface area contributed by atoms with Crippen molar-refractivity contribution in [2.75, 3.05) is 11.6 Å². The summed E-state index contributed by atoms with van der Waals surface area (Å²) in [5.74, 6) is -1.32. The zero-order valence-corrected chi connectivity index (χ0v) is 21.4. The van der Waals surface area contributed by atoms with E-state index in [9.17, 15) is 36.0 Å². The van der Waals surface area contributed by atoms with E-state index in [0.29, 0.717) is 5.56 Å². The average molecular weight is 585 g/mol. The Morgan fingerprint density at radius 3 is 2.22 bits per heavy atom. The molecule has 2 aromatic carbocycles. The van der Waals surface area contributed by atoms with Crippen LogP contribution in [0.1, 0.15) is 37.5 Å². The maximum Gasteiger partial charge on any atom is 0.416 e. The second kappa shape index (κ2) is 10.4. The standard InChI is InChI=1S/C24H20BrF3N2O5S/c1-14-19(21(31)12-25)11-20(22(32)29-13-15-6-8-18(9-7-15)36(2,34)35)23(33)30(14)17-5-3-4-16(10-17)24(26,27)28/h3-11H,12-13H2,1-2H3,(H,29,32). The number of nitrogens with zero attached hydrogens (tertiary/aromatic N) is 1. The van der Waals surface area contributed by atoms with E-state index < -0.39 is 44.4 Å². The van der Waals surface area contributed by atoms with E-state index in [2.05, 4.69) is 21.2 Å². The fraction of sp³-hybridized carbons (Fsp3) is 0.208. The second-order valence-electron chi connectivity index (χ2n) is 7.90. The summed E-state index contributed by atoms with van der Waals surface area (Å²) in [5.41, 5.74) is -1.87. The van der Waals surface area contributed by atoms with E-state index in [-0.39, 0.29) is 33.7 Å². The number of sulfone groups is 1. The molecule has 1 aromatic heterocycles. The van der Waals surface area contributed by atoms with E-state index in [1.165, 1.54) is 37.3 Å². The number of halogens is 4. The van der Waals surface area contributed by atoms with E-state index in [4.69, 9.17) is 0 Å². The fourth-order valence-electron chi connectivity index (χ4n) is 3.48. The Morgan fingerprint density at radius 1 is 1.03 bits per heavy atom. The van der Waals surface area contributed by atoms with Crippen molar-refractivity contribution < 1.29 is 31.2 Å². The summed E-state index contributed by atoms with van der Waals surface area (Å²) < 4.78 is 63.9. The molecule has 0 fully saturated rings. The van der Waals surface area contributed by atoms with Gasteiger partial charge in [0, 0.05) is 29.7 Å². The van der Waals surface area contributed by atoms with Crippen LogP contribution in [0.3, 0.4) is 0 Å². The Balaban J connectivity index is 2.04. The lowest BCUT2D eigenvalue weighted by Gasteiger charge is -2.17. The maximum atomic E-state index is 13.3. The number of ketones is 1. The summed E-state index contributed by atoms with van der Waals surface area (Å²) in [6, 6.07) is 10.9. The number of carbonyl (C=O) groups is 2. The van der Waals surface area contributed by atoms with Crippen molar-refractivity contribution in [3.05, 3.63) is 92.9 Å².